The average molecular weight is 148 g/mol. The first-order valence-corrected chi connectivity index (χ1v) is 3.19. The molecule has 0 amide bonds. The molecule has 0 aliphatic carbocycles. The quantitative estimate of drug-likeness (QED) is 0.483. The van der Waals surface area contributed by atoms with Crippen LogP contribution in [-0.4, -0.2) is 6.47 Å². The van der Waals surface area contributed by atoms with Gasteiger partial charge in [0, 0.05) is 5.56 Å². The van der Waals surface area contributed by atoms with Crippen molar-refractivity contribution in [2.45, 2.75) is 0 Å². The Morgan fingerprint density at radius 3 is 2.55 bits per heavy atom. The van der Waals surface area contributed by atoms with Crippen molar-refractivity contribution < 1.29 is 9.53 Å². The maximum absolute atomic E-state index is 9.91. The van der Waals surface area contributed by atoms with Crippen LogP contribution in [-0.2, 0) is 9.53 Å². The summed E-state index contributed by atoms with van der Waals surface area (Å²) < 4.78 is 4.55. The summed E-state index contributed by atoms with van der Waals surface area (Å²) in [5.74, 6) is 0.376. The third-order valence-corrected chi connectivity index (χ3v) is 1.29. The minimum absolute atomic E-state index is 0.370. The van der Waals surface area contributed by atoms with Gasteiger partial charge < -0.3 is 4.74 Å². The first kappa shape index (κ1) is 7.54. The van der Waals surface area contributed by atoms with Gasteiger partial charge in [-0.2, -0.15) is 0 Å². The van der Waals surface area contributed by atoms with Gasteiger partial charge in [-0.15, -0.1) is 0 Å². The van der Waals surface area contributed by atoms with Gasteiger partial charge in [-0.05, 0) is 0 Å². The lowest BCUT2D eigenvalue weighted by molar-refractivity contribution is -0.122. The number of hydrogen-bond donors (Lipinski definition) is 0. The zero-order chi connectivity index (χ0) is 8.10. The molecule has 0 N–H and O–H groups in total. The molecule has 0 spiro atoms. The van der Waals surface area contributed by atoms with Crippen molar-refractivity contribution in [1.29, 1.82) is 0 Å². The predicted octanol–water partition coefficient (Wildman–Crippen LogP) is 1.83. The van der Waals surface area contributed by atoms with E-state index in [0.717, 1.165) is 5.56 Å². The molecule has 0 aliphatic heterocycles. The van der Waals surface area contributed by atoms with Crippen molar-refractivity contribution in [3.05, 3.63) is 42.5 Å². The summed E-state index contributed by atoms with van der Waals surface area (Å²) in [5.41, 5.74) is 0.819. The molecule has 0 saturated heterocycles. The summed E-state index contributed by atoms with van der Waals surface area (Å²) >= 11 is 0. The second-order valence-electron chi connectivity index (χ2n) is 2.00. The topological polar surface area (TPSA) is 26.3 Å². The first-order chi connectivity index (χ1) is 5.34. The zero-order valence-electron chi connectivity index (χ0n) is 5.99. The van der Waals surface area contributed by atoms with Crippen molar-refractivity contribution in [2.24, 2.45) is 0 Å². The maximum atomic E-state index is 9.91. The SMILES string of the molecule is C=C(OC=O)c1ccccc1. The monoisotopic (exact) mass is 148 g/mol. The minimum Gasteiger partial charge on any atom is -0.429 e. The molecule has 0 unspecified atom stereocenters. The fourth-order valence-electron chi connectivity index (χ4n) is 0.750. The molecule has 1 rings (SSSR count). The molecule has 0 atom stereocenters. The molecule has 0 aliphatic rings. The first-order valence-electron chi connectivity index (χ1n) is 3.19. The van der Waals surface area contributed by atoms with Gasteiger partial charge in [0.15, 0.2) is 0 Å². The smallest absolute Gasteiger partial charge is 0.298 e. The van der Waals surface area contributed by atoms with Crippen LogP contribution >= 0.6 is 0 Å². The Kier molecular flexibility index (Phi) is 2.44. The molecule has 0 fully saturated rings. The molecule has 1 aromatic carbocycles. The molecule has 2 heteroatoms. The number of rotatable bonds is 3. The number of hydrogen-bond acceptors (Lipinski definition) is 2. The van der Waals surface area contributed by atoms with E-state index in [4.69, 9.17) is 0 Å². The molecule has 11 heavy (non-hydrogen) atoms. The Morgan fingerprint density at radius 1 is 1.36 bits per heavy atom. The molecular formula is C9H8O2. The fraction of sp³-hybridized carbons (Fsp3) is 0. The van der Waals surface area contributed by atoms with Crippen LogP contribution in [0.25, 0.3) is 5.76 Å². The van der Waals surface area contributed by atoms with Crippen molar-refractivity contribution >= 4 is 12.2 Å². The number of benzene rings is 1. The highest BCUT2D eigenvalue weighted by Crippen LogP contribution is 2.10. The summed E-state index contributed by atoms with van der Waals surface area (Å²) in [7, 11) is 0. The average Bonchev–Trinajstić information content (AvgIpc) is 2.07. The highest BCUT2D eigenvalue weighted by Gasteiger charge is 1.95. The van der Waals surface area contributed by atoms with Crippen molar-refractivity contribution in [1.82, 2.24) is 0 Å². The van der Waals surface area contributed by atoms with Gasteiger partial charge in [0.1, 0.15) is 5.76 Å². The summed E-state index contributed by atoms with van der Waals surface area (Å²) in [6.45, 7) is 3.93. The van der Waals surface area contributed by atoms with E-state index in [1.807, 2.05) is 30.3 Å². The van der Waals surface area contributed by atoms with E-state index in [1.54, 1.807) is 0 Å². The van der Waals surface area contributed by atoms with E-state index < -0.39 is 0 Å². The third kappa shape index (κ3) is 1.93. The standard InChI is InChI=1S/C9H8O2/c1-8(11-7-10)9-5-3-2-4-6-9/h2-7H,1H2. The Bertz CT molecular complexity index is 252. The fourth-order valence-corrected chi connectivity index (χ4v) is 0.750. The second kappa shape index (κ2) is 3.56. The number of carbonyl (C=O) groups is 1. The third-order valence-electron chi connectivity index (χ3n) is 1.29. The summed E-state index contributed by atoms with van der Waals surface area (Å²) in [6, 6.07) is 9.25. The predicted molar refractivity (Wildman–Crippen MR) is 42.6 cm³/mol. The molecule has 0 heterocycles. The highest BCUT2D eigenvalue weighted by atomic mass is 16.5. The lowest BCUT2D eigenvalue weighted by atomic mass is 10.2. The van der Waals surface area contributed by atoms with Crippen LogP contribution in [0.5, 0.6) is 0 Å². The summed E-state index contributed by atoms with van der Waals surface area (Å²) in [6.07, 6.45) is 0. The van der Waals surface area contributed by atoms with Gasteiger partial charge in [0.25, 0.3) is 6.47 Å². The molecular weight excluding hydrogens is 140 g/mol. The molecule has 0 bridgehead atoms. The van der Waals surface area contributed by atoms with E-state index in [0.29, 0.717) is 12.2 Å². The zero-order valence-corrected chi connectivity index (χ0v) is 5.99. The Balaban J connectivity index is 2.77. The Hall–Kier alpha value is -1.57. The van der Waals surface area contributed by atoms with Gasteiger partial charge >= 0.3 is 0 Å². The number of carbonyl (C=O) groups excluding carboxylic acids is 1. The van der Waals surface area contributed by atoms with Crippen LogP contribution in [0.3, 0.4) is 0 Å². The van der Waals surface area contributed by atoms with Crippen molar-refractivity contribution in [3.8, 4) is 0 Å². The van der Waals surface area contributed by atoms with Crippen molar-refractivity contribution in [2.75, 3.05) is 0 Å². The largest absolute Gasteiger partial charge is 0.429 e. The van der Waals surface area contributed by atoms with Gasteiger partial charge in [0.05, 0.1) is 0 Å². The second-order valence-corrected chi connectivity index (χ2v) is 2.00. The van der Waals surface area contributed by atoms with E-state index in [-0.39, 0.29) is 0 Å². The number of ether oxygens (including phenoxy) is 1. The van der Waals surface area contributed by atoms with E-state index in [1.165, 1.54) is 0 Å². The highest BCUT2D eigenvalue weighted by molar-refractivity contribution is 5.63. The Labute approximate surface area is 65.1 Å². The van der Waals surface area contributed by atoms with Crippen LogP contribution in [0.1, 0.15) is 5.56 Å². The van der Waals surface area contributed by atoms with Crippen LogP contribution < -0.4 is 0 Å². The normalized spacial score (nSPS) is 8.73. The molecule has 0 saturated carbocycles. The lowest BCUT2D eigenvalue weighted by Crippen LogP contribution is -1.86. The van der Waals surface area contributed by atoms with E-state index in [2.05, 4.69) is 11.3 Å². The molecule has 1 aromatic rings. The molecule has 56 valence electrons. The summed E-state index contributed by atoms with van der Waals surface area (Å²) in [5, 5.41) is 0. The van der Waals surface area contributed by atoms with Gasteiger partial charge in [-0.25, -0.2) is 0 Å². The molecule has 0 radical (unpaired) electrons. The van der Waals surface area contributed by atoms with Crippen LogP contribution in [0.4, 0.5) is 0 Å². The van der Waals surface area contributed by atoms with Crippen LogP contribution in [0, 0.1) is 0 Å². The van der Waals surface area contributed by atoms with E-state index >= 15 is 0 Å². The van der Waals surface area contributed by atoms with Gasteiger partial charge in [-0.1, -0.05) is 36.9 Å². The van der Waals surface area contributed by atoms with Crippen LogP contribution in [0.2, 0.25) is 0 Å². The van der Waals surface area contributed by atoms with Gasteiger partial charge in [-0.3, -0.25) is 4.79 Å². The van der Waals surface area contributed by atoms with Crippen molar-refractivity contribution in [3.63, 3.8) is 0 Å². The molecule has 2 nitrogen and oxygen atoms in total. The van der Waals surface area contributed by atoms with Crippen LogP contribution in [0.15, 0.2) is 36.9 Å². The minimum atomic E-state index is 0.370. The molecule has 0 aromatic heterocycles. The van der Waals surface area contributed by atoms with E-state index in [9.17, 15) is 4.79 Å². The lowest BCUT2D eigenvalue weighted by Gasteiger charge is -2.00. The summed E-state index contributed by atoms with van der Waals surface area (Å²) in [4.78, 5) is 9.91. The van der Waals surface area contributed by atoms with Gasteiger partial charge in [0.2, 0.25) is 0 Å². The Morgan fingerprint density at radius 2 is 2.00 bits per heavy atom. The maximum Gasteiger partial charge on any atom is 0.298 e.